The predicted octanol–water partition coefficient (Wildman–Crippen LogP) is 2.80. The van der Waals surface area contributed by atoms with Crippen LogP contribution >= 0.6 is 0 Å². The van der Waals surface area contributed by atoms with Crippen LogP contribution in [0.2, 0.25) is 0 Å². The molecule has 2 rings (SSSR count). The zero-order valence-electron chi connectivity index (χ0n) is 26.5. The maximum absolute atomic E-state index is 12.9. The number of allylic oxidation sites excluding steroid dienone is 2. The van der Waals surface area contributed by atoms with Gasteiger partial charge in [0.2, 0.25) is 11.8 Å². The van der Waals surface area contributed by atoms with Crippen LogP contribution in [0.25, 0.3) is 0 Å². The van der Waals surface area contributed by atoms with Gasteiger partial charge in [-0.1, -0.05) is 44.2 Å². The zero-order chi connectivity index (χ0) is 33.1. The highest BCUT2D eigenvalue weighted by Gasteiger charge is 2.36. The van der Waals surface area contributed by atoms with Gasteiger partial charge in [0.05, 0.1) is 12.1 Å². The number of unbranched alkanes of at least 4 members (excludes halogenated alkanes) is 1. The normalized spacial score (nSPS) is 15.9. The van der Waals surface area contributed by atoms with Crippen LogP contribution in [-0.2, 0) is 35.1 Å². The van der Waals surface area contributed by atoms with Crippen molar-refractivity contribution in [2.45, 2.75) is 97.8 Å². The predicted molar refractivity (Wildman–Crippen MR) is 163 cm³/mol. The van der Waals surface area contributed by atoms with Gasteiger partial charge in [-0.05, 0) is 57.9 Å². The molecular formula is C32H46N4O8. The molecule has 0 bridgehead atoms. The second-order valence-electron chi connectivity index (χ2n) is 12.9. The summed E-state index contributed by atoms with van der Waals surface area (Å²) in [5, 5.41) is 20.1. The molecule has 12 heteroatoms. The standard InChI is InChI=1S/C32H46N4O8/c1-20(27-24(37)17-32(5,6)18-25(27)38)33-15-11-10-14-22(29(41)42)35-26(39)19-34-28(40)23(16-21-12-8-7-9-13-21)36-30(43)44-31(2,3)4/h7-9,12-13,22-23,33H,10-11,14-19H2,1-6H3,(H,34,40)(H,35,39)(H,36,43)(H,41,42)/t22-,23-/m0/s1. The maximum Gasteiger partial charge on any atom is 0.408 e. The number of benzene rings is 1. The van der Waals surface area contributed by atoms with Crippen LogP contribution in [0.1, 0.15) is 79.2 Å². The molecule has 1 aromatic rings. The van der Waals surface area contributed by atoms with Crippen molar-refractivity contribution in [2.75, 3.05) is 13.1 Å². The van der Waals surface area contributed by atoms with Gasteiger partial charge in [0.15, 0.2) is 11.6 Å². The van der Waals surface area contributed by atoms with Gasteiger partial charge in [0, 0.05) is 31.5 Å². The first-order chi connectivity index (χ1) is 20.5. The van der Waals surface area contributed by atoms with Crippen LogP contribution in [0.5, 0.6) is 0 Å². The number of alkyl carbamates (subject to hydrolysis) is 1. The lowest BCUT2D eigenvalue weighted by atomic mass is 9.73. The first-order valence-electron chi connectivity index (χ1n) is 14.8. The molecule has 0 aliphatic heterocycles. The van der Waals surface area contributed by atoms with Crippen molar-refractivity contribution in [1.29, 1.82) is 0 Å². The Bertz CT molecular complexity index is 1230. The quantitative estimate of drug-likeness (QED) is 0.120. The van der Waals surface area contributed by atoms with Crippen LogP contribution in [0, 0.1) is 5.41 Å². The molecular weight excluding hydrogens is 568 g/mol. The molecule has 2 atom stereocenters. The van der Waals surface area contributed by atoms with Gasteiger partial charge >= 0.3 is 12.1 Å². The molecule has 1 aliphatic carbocycles. The molecule has 0 aromatic heterocycles. The number of hydrogen-bond donors (Lipinski definition) is 5. The van der Waals surface area contributed by atoms with E-state index < -0.39 is 48.1 Å². The molecule has 3 amide bonds. The number of carbonyl (C=O) groups excluding carboxylic acids is 5. The summed E-state index contributed by atoms with van der Waals surface area (Å²) in [6.07, 6.45) is 1.08. The summed E-state index contributed by atoms with van der Waals surface area (Å²) >= 11 is 0. The second kappa shape index (κ2) is 16.0. The van der Waals surface area contributed by atoms with E-state index in [4.69, 9.17) is 4.74 Å². The summed E-state index contributed by atoms with van der Waals surface area (Å²) < 4.78 is 5.26. The van der Waals surface area contributed by atoms with Gasteiger partial charge in [-0.2, -0.15) is 0 Å². The van der Waals surface area contributed by atoms with Gasteiger partial charge in [-0.15, -0.1) is 0 Å². The Hall–Kier alpha value is -4.22. The molecule has 44 heavy (non-hydrogen) atoms. The van der Waals surface area contributed by atoms with Crippen LogP contribution < -0.4 is 21.3 Å². The topological polar surface area (TPSA) is 180 Å². The lowest BCUT2D eigenvalue weighted by Crippen LogP contribution is -2.52. The molecule has 0 heterocycles. The van der Waals surface area contributed by atoms with Crippen LogP contribution in [0.3, 0.4) is 0 Å². The minimum Gasteiger partial charge on any atom is -0.480 e. The van der Waals surface area contributed by atoms with Crippen molar-refractivity contribution in [2.24, 2.45) is 5.41 Å². The average molecular weight is 615 g/mol. The van der Waals surface area contributed by atoms with E-state index in [2.05, 4.69) is 21.3 Å². The first-order valence-corrected chi connectivity index (χ1v) is 14.8. The smallest absolute Gasteiger partial charge is 0.408 e. The van der Waals surface area contributed by atoms with E-state index in [1.54, 1.807) is 52.0 Å². The van der Waals surface area contributed by atoms with Crippen molar-refractivity contribution in [3.05, 3.63) is 47.2 Å². The summed E-state index contributed by atoms with van der Waals surface area (Å²) in [6.45, 7) is 10.5. The number of amides is 3. The highest BCUT2D eigenvalue weighted by molar-refractivity contribution is 6.22. The average Bonchev–Trinajstić information content (AvgIpc) is 2.88. The Morgan fingerprint density at radius 2 is 1.55 bits per heavy atom. The number of aliphatic carboxylic acids is 1. The molecule has 1 saturated carbocycles. The summed E-state index contributed by atoms with van der Waals surface area (Å²) in [7, 11) is 0. The van der Waals surface area contributed by atoms with E-state index in [0.717, 1.165) is 5.56 Å². The van der Waals surface area contributed by atoms with Gasteiger partial charge in [-0.3, -0.25) is 19.2 Å². The number of ketones is 2. The van der Waals surface area contributed by atoms with E-state index >= 15 is 0 Å². The van der Waals surface area contributed by atoms with Crippen molar-refractivity contribution in [3.8, 4) is 0 Å². The monoisotopic (exact) mass is 614 g/mol. The minimum absolute atomic E-state index is 0.134. The molecule has 0 unspecified atom stereocenters. The molecule has 12 nitrogen and oxygen atoms in total. The summed E-state index contributed by atoms with van der Waals surface area (Å²) in [5.41, 5.74) is 0.370. The fourth-order valence-electron chi connectivity index (χ4n) is 4.82. The minimum atomic E-state index is -1.22. The molecule has 1 fully saturated rings. The number of carboxylic acid groups (broad SMARTS) is 1. The van der Waals surface area contributed by atoms with E-state index in [1.165, 1.54) is 0 Å². The van der Waals surface area contributed by atoms with Crippen molar-refractivity contribution in [3.63, 3.8) is 0 Å². The zero-order valence-corrected chi connectivity index (χ0v) is 26.5. The van der Waals surface area contributed by atoms with Gasteiger partial charge < -0.3 is 31.1 Å². The Balaban J connectivity index is 1.86. The first kappa shape index (κ1) is 36.0. The molecule has 1 aliphatic rings. The van der Waals surface area contributed by atoms with Crippen molar-refractivity contribution >= 4 is 35.4 Å². The molecule has 0 saturated heterocycles. The van der Waals surface area contributed by atoms with Gasteiger partial charge in [-0.25, -0.2) is 9.59 Å². The third kappa shape index (κ3) is 12.6. The van der Waals surface area contributed by atoms with Gasteiger partial charge in [0.1, 0.15) is 17.7 Å². The summed E-state index contributed by atoms with van der Waals surface area (Å²) in [5.74, 6) is -2.90. The Morgan fingerprint density at radius 1 is 0.932 bits per heavy atom. The Kier molecular flexibility index (Phi) is 13.1. The molecule has 1 aromatic carbocycles. The van der Waals surface area contributed by atoms with E-state index in [9.17, 15) is 33.9 Å². The van der Waals surface area contributed by atoms with Crippen molar-refractivity contribution < 1.29 is 38.6 Å². The van der Waals surface area contributed by atoms with E-state index in [-0.39, 0.29) is 35.4 Å². The fraction of sp³-hybridized carbons (Fsp3) is 0.562. The van der Waals surface area contributed by atoms with Crippen LogP contribution in [0.4, 0.5) is 4.79 Å². The lowest BCUT2D eigenvalue weighted by Gasteiger charge is -2.29. The number of nitrogens with one attached hydrogen (secondary N) is 4. The van der Waals surface area contributed by atoms with Crippen LogP contribution in [-0.4, -0.2) is 71.3 Å². The fourth-order valence-corrected chi connectivity index (χ4v) is 4.82. The number of carbonyl (C=O) groups is 6. The van der Waals surface area contributed by atoms with Gasteiger partial charge in [0.25, 0.3) is 0 Å². The van der Waals surface area contributed by atoms with Crippen LogP contribution in [0.15, 0.2) is 41.6 Å². The number of Topliss-reactive ketones (excluding diaryl/α,β-unsaturated/α-hetero) is 2. The number of hydrogen-bond acceptors (Lipinski definition) is 8. The number of ether oxygens (including phenoxy) is 1. The summed E-state index contributed by atoms with van der Waals surface area (Å²) in [4.78, 5) is 74.5. The number of carboxylic acids is 1. The summed E-state index contributed by atoms with van der Waals surface area (Å²) in [6, 6.07) is 6.79. The highest BCUT2D eigenvalue weighted by atomic mass is 16.6. The lowest BCUT2D eigenvalue weighted by molar-refractivity contribution is -0.142. The largest absolute Gasteiger partial charge is 0.480 e. The third-order valence-corrected chi connectivity index (χ3v) is 6.87. The molecule has 0 radical (unpaired) electrons. The molecule has 5 N–H and O–H groups in total. The van der Waals surface area contributed by atoms with E-state index in [0.29, 0.717) is 37.9 Å². The second-order valence-corrected chi connectivity index (χ2v) is 12.9. The molecule has 242 valence electrons. The Morgan fingerprint density at radius 3 is 2.11 bits per heavy atom. The van der Waals surface area contributed by atoms with E-state index in [1.807, 2.05) is 19.9 Å². The highest BCUT2D eigenvalue weighted by Crippen LogP contribution is 2.34. The molecule has 0 spiro atoms. The SMILES string of the molecule is CC(NCCCC[C@H](NC(=O)CNC(=O)[C@H](Cc1ccccc1)NC(=O)OC(C)(C)C)C(=O)O)=C1C(=O)CC(C)(C)CC1=O. The Labute approximate surface area is 258 Å². The third-order valence-electron chi connectivity index (χ3n) is 6.87. The van der Waals surface area contributed by atoms with Crippen molar-refractivity contribution in [1.82, 2.24) is 21.3 Å². The maximum atomic E-state index is 12.9. The number of rotatable bonds is 14.